The Labute approximate surface area is 135 Å². The van der Waals surface area contributed by atoms with Crippen LogP contribution in [0.15, 0.2) is 29.2 Å². The van der Waals surface area contributed by atoms with Crippen molar-refractivity contribution in [2.45, 2.75) is 43.4 Å². The summed E-state index contributed by atoms with van der Waals surface area (Å²) < 4.78 is 5.41. The number of nitrogens with one attached hydrogen (secondary N) is 1. The first-order valence-electron chi connectivity index (χ1n) is 7.30. The summed E-state index contributed by atoms with van der Waals surface area (Å²) >= 11 is 1.17. The average Bonchev–Trinajstić information content (AvgIpc) is 2.46. The van der Waals surface area contributed by atoms with Crippen molar-refractivity contribution in [2.75, 3.05) is 13.2 Å². The van der Waals surface area contributed by atoms with Crippen molar-refractivity contribution in [3.63, 3.8) is 0 Å². The normalized spacial score (nSPS) is 12.2. The molecule has 1 atom stereocenters. The third kappa shape index (κ3) is 6.49. The van der Waals surface area contributed by atoms with Crippen molar-refractivity contribution in [2.24, 2.45) is 0 Å². The third-order valence-corrected chi connectivity index (χ3v) is 4.01. The molecule has 1 unspecified atom stereocenters. The molecule has 122 valence electrons. The standard InChI is InChI=1S/C16H23NO4S/c1-11(2)21-10-6-9-17-15(18)13-7-4-5-8-14(13)22-12(3)16(19)20/h4-5,7-8,11-12H,6,9-10H2,1-3H3,(H,17,18)(H,19,20). The van der Waals surface area contributed by atoms with Gasteiger partial charge in [0, 0.05) is 18.0 Å². The minimum Gasteiger partial charge on any atom is -0.480 e. The molecular weight excluding hydrogens is 302 g/mol. The van der Waals surface area contributed by atoms with Gasteiger partial charge in [0.15, 0.2) is 0 Å². The Hall–Kier alpha value is -1.53. The molecule has 1 amide bonds. The van der Waals surface area contributed by atoms with Crippen LogP contribution in [0.2, 0.25) is 0 Å². The van der Waals surface area contributed by atoms with Gasteiger partial charge in [0.25, 0.3) is 5.91 Å². The zero-order valence-electron chi connectivity index (χ0n) is 13.2. The van der Waals surface area contributed by atoms with Gasteiger partial charge in [-0.25, -0.2) is 0 Å². The topological polar surface area (TPSA) is 75.6 Å². The summed E-state index contributed by atoms with van der Waals surface area (Å²) in [7, 11) is 0. The van der Waals surface area contributed by atoms with Gasteiger partial charge in [0.2, 0.25) is 0 Å². The molecule has 1 aromatic carbocycles. The Morgan fingerprint density at radius 3 is 2.59 bits per heavy atom. The predicted molar refractivity (Wildman–Crippen MR) is 87.4 cm³/mol. The lowest BCUT2D eigenvalue weighted by atomic mass is 10.2. The van der Waals surface area contributed by atoms with Crippen molar-refractivity contribution < 1.29 is 19.4 Å². The van der Waals surface area contributed by atoms with E-state index in [2.05, 4.69) is 5.32 Å². The van der Waals surface area contributed by atoms with Crippen molar-refractivity contribution in [3.05, 3.63) is 29.8 Å². The number of carboxylic acids is 1. The summed E-state index contributed by atoms with van der Waals surface area (Å²) in [5.74, 6) is -1.09. The van der Waals surface area contributed by atoms with Gasteiger partial charge >= 0.3 is 5.97 Å². The van der Waals surface area contributed by atoms with Crippen LogP contribution in [-0.2, 0) is 9.53 Å². The SMILES string of the molecule is CC(C)OCCCNC(=O)c1ccccc1SC(C)C(=O)O. The van der Waals surface area contributed by atoms with E-state index in [9.17, 15) is 9.59 Å². The summed E-state index contributed by atoms with van der Waals surface area (Å²) in [6, 6.07) is 7.04. The fraction of sp³-hybridized carbons (Fsp3) is 0.500. The van der Waals surface area contributed by atoms with Crippen molar-refractivity contribution in [1.82, 2.24) is 5.32 Å². The van der Waals surface area contributed by atoms with Crippen LogP contribution in [0, 0.1) is 0 Å². The average molecular weight is 325 g/mol. The van der Waals surface area contributed by atoms with Gasteiger partial charge in [0.05, 0.1) is 11.7 Å². The lowest BCUT2D eigenvalue weighted by Gasteiger charge is -2.12. The highest BCUT2D eigenvalue weighted by atomic mass is 32.2. The second-order valence-corrected chi connectivity index (χ2v) is 6.51. The number of hydrogen-bond donors (Lipinski definition) is 2. The van der Waals surface area contributed by atoms with Crippen molar-refractivity contribution in [1.29, 1.82) is 0 Å². The first kappa shape index (κ1) is 18.5. The number of carboxylic acid groups (broad SMARTS) is 1. The molecule has 0 fully saturated rings. The van der Waals surface area contributed by atoms with E-state index in [1.54, 1.807) is 31.2 Å². The van der Waals surface area contributed by atoms with Crippen LogP contribution < -0.4 is 5.32 Å². The molecule has 6 heteroatoms. The molecule has 0 heterocycles. The number of carbonyl (C=O) groups excluding carboxylic acids is 1. The molecule has 0 aliphatic rings. The van der Waals surface area contributed by atoms with Gasteiger partial charge < -0.3 is 15.2 Å². The third-order valence-electron chi connectivity index (χ3n) is 2.84. The van der Waals surface area contributed by atoms with Gasteiger partial charge in [-0.05, 0) is 39.3 Å². The minimum atomic E-state index is -0.897. The van der Waals surface area contributed by atoms with E-state index >= 15 is 0 Å². The largest absolute Gasteiger partial charge is 0.480 e. The smallest absolute Gasteiger partial charge is 0.316 e. The number of benzene rings is 1. The number of rotatable bonds is 9. The van der Waals surface area contributed by atoms with Crippen LogP contribution in [0.3, 0.4) is 0 Å². The van der Waals surface area contributed by atoms with E-state index in [0.717, 1.165) is 6.42 Å². The van der Waals surface area contributed by atoms with Crippen LogP contribution in [-0.4, -0.2) is 41.5 Å². The van der Waals surface area contributed by atoms with Crippen LogP contribution in [0.1, 0.15) is 37.6 Å². The lowest BCUT2D eigenvalue weighted by Crippen LogP contribution is -2.26. The molecule has 0 aliphatic heterocycles. The fourth-order valence-electron chi connectivity index (χ4n) is 1.69. The fourth-order valence-corrected chi connectivity index (χ4v) is 2.61. The highest BCUT2D eigenvalue weighted by Crippen LogP contribution is 2.26. The number of aliphatic carboxylic acids is 1. The van der Waals surface area contributed by atoms with Gasteiger partial charge in [0.1, 0.15) is 5.25 Å². The van der Waals surface area contributed by atoms with Crippen LogP contribution in [0.25, 0.3) is 0 Å². The Morgan fingerprint density at radius 2 is 1.95 bits per heavy atom. The summed E-state index contributed by atoms with van der Waals surface area (Å²) in [4.78, 5) is 23.8. The highest BCUT2D eigenvalue weighted by Gasteiger charge is 2.17. The summed E-state index contributed by atoms with van der Waals surface area (Å²) in [6.45, 7) is 6.67. The Balaban J connectivity index is 2.56. The van der Waals surface area contributed by atoms with Gasteiger partial charge in [-0.15, -0.1) is 11.8 Å². The van der Waals surface area contributed by atoms with E-state index in [1.165, 1.54) is 11.8 Å². The molecule has 0 aliphatic carbocycles. The summed E-state index contributed by atoms with van der Waals surface area (Å²) in [6.07, 6.45) is 0.926. The maximum Gasteiger partial charge on any atom is 0.316 e. The maximum absolute atomic E-state index is 12.2. The Bertz CT molecular complexity index is 505. The number of amides is 1. The molecular formula is C16H23NO4S. The molecule has 22 heavy (non-hydrogen) atoms. The van der Waals surface area contributed by atoms with E-state index in [-0.39, 0.29) is 12.0 Å². The molecule has 0 saturated heterocycles. The zero-order valence-corrected chi connectivity index (χ0v) is 14.0. The maximum atomic E-state index is 12.2. The van der Waals surface area contributed by atoms with Gasteiger partial charge in [-0.2, -0.15) is 0 Å². The minimum absolute atomic E-state index is 0.185. The molecule has 0 aromatic heterocycles. The van der Waals surface area contributed by atoms with Crippen LogP contribution in [0.5, 0.6) is 0 Å². The van der Waals surface area contributed by atoms with Gasteiger partial charge in [-0.1, -0.05) is 12.1 Å². The van der Waals surface area contributed by atoms with E-state index in [1.807, 2.05) is 13.8 Å². The first-order valence-corrected chi connectivity index (χ1v) is 8.18. The van der Waals surface area contributed by atoms with E-state index in [0.29, 0.717) is 23.6 Å². The number of thioether (sulfide) groups is 1. The Kier molecular flexibility index (Phi) is 7.98. The number of carbonyl (C=O) groups is 2. The molecule has 1 rings (SSSR count). The summed E-state index contributed by atoms with van der Waals surface area (Å²) in [5.41, 5.74) is 0.505. The molecule has 2 N–H and O–H groups in total. The second kappa shape index (κ2) is 9.48. The van der Waals surface area contributed by atoms with E-state index < -0.39 is 11.2 Å². The monoisotopic (exact) mass is 325 g/mol. The van der Waals surface area contributed by atoms with E-state index in [4.69, 9.17) is 9.84 Å². The summed E-state index contributed by atoms with van der Waals surface area (Å²) in [5, 5.41) is 11.2. The van der Waals surface area contributed by atoms with Crippen molar-refractivity contribution in [3.8, 4) is 0 Å². The lowest BCUT2D eigenvalue weighted by molar-refractivity contribution is -0.136. The molecule has 0 radical (unpaired) electrons. The molecule has 5 nitrogen and oxygen atoms in total. The predicted octanol–water partition coefficient (Wildman–Crippen LogP) is 2.80. The molecule has 1 aromatic rings. The van der Waals surface area contributed by atoms with Crippen LogP contribution >= 0.6 is 11.8 Å². The zero-order chi connectivity index (χ0) is 16.5. The number of ether oxygens (including phenoxy) is 1. The quantitative estimate of drug-likeness (QED) is 0.539. The van der Waals surface area contributed by atoms with Crippen LogP contribution in [0.4, 0.5) is 0 Å². The molecule has 0 saturated carbocycles. The first-order chi connectivity index (χ1) is 10.4. The second-order valence-electron chi connectivity index (χ2n) is 5.12. The molecule has 0 spiro atoms. The number of hydrogen-bond acceptors (Lipinski definition) is 4. The Morgan fingerprint density at radius 1 is 1.27 bits per heavy atom. The van der Waals surface area contributed by atoms with Gasteiger partial charge in [-0.3, -0.25) is 9.59 Å². The highest BCUT2D eigenvalue weighted by molar-refractivity contribution is 8.00. The van der Waals surface area contributed by atoms with Crippen molar-refractivity contribution >= 4 is 23.6 Å². The molecule has 0 bridgehead atoms.